The lowest BCUT2D eigenvalue weighted by Gasteiger charge is -2.41. The largest absolute Gasteiger partial charge is 0.465 e. The molecule has 11 nitrogen and oxygen atoms in total. The Balaban J connectivity index is 1.12. The molecule has 1 unspecified atom stereocenters. The van der Waals surface area contributed by atoms with Crippen molar-refractivity contribution >= 4 is 23.5 Å². The van der Waals surface area contributed by atoms with E-state index in [9.17, 15) is 14.7 Å². The number of hydrogen-bond acceptors (Lipinski definition) is 7. The molecule has 1 aromatic carbocycles. The van der Waals surface area contributed by atoms with Gasteiger partial charge in [0.1, 0.15) is 6.23 Å². The normalized spacial score (nSPS) is 25.5. The summed E-state index contributed by atoms with van der Waals surface area (Å²) in [6, 6.07) is 8.28. The molecule has 4 atom stereocenters. The standard InChI is InChI=1S/C29H33N7O4/c1-34(20-12-18-5-6-19(13-20)36(18)29(38)39)25-10-9-24(32-33-25)22-8-7-21(23-14-26(37)31-28(22)23)17-15-30-35(16-17)27-4-2-3-11-40-27/h7-10,15-16,18-20,27H,2-6,11-14H2,1H3,(H,31,37)(H,38,39)/t18-,19+,20-,27?. The van der Waals surface area contributed by atoms with E-state index in [-0.39, 0.29) is 30.3 Å². The van der Waals surface area contributed by atoms with Gasteiger partial charge in [0.2, 0.25) is 5.91 Å². The average Bonchev–Trinajstić information content (AvgIpc) is 3.68. The Morgan fingerprint density at radius 2 is 1.88 bits per heavy atom. The lowest BCUT2D eigenvalue weighted by Crippen LogP contribution is -2.51. The van der Waals surface area contributed by atoms with Gasteiger partial charge in [0.15, 0.2) is 5.82 Å². The fourth-order valence-corrected chi connectivity index (χ4v) is 6.99. The third-order valence-corrected chi connectivity index (χ3v) is 9.04. The molecular formula is C29H33N7O4. The van der Waals surface area contributed by atoms with E-state index < -0.39 is 6.09 Å². The molecule has 3 fully saturated rings. The highest BCUT2D eigenvalue weighted by Crippen LogP contribution is 2.41. The van der Waals surface area contributed by atoms with Crippen molar-refractivity contribution < 1.29 is 19.4 Å². The summed E-state index contributed by atoms with van der Waals surface area (Å²) in [6.45, 7) is 0.753. The maximum absolute atomic E-state index is 12.5. The molecule has 2 N–H and O–H groups in total. The zero-order valence-electron chi connectivity index (χ0n) is 22.5. The molecule has 6 heterocycles. The van der Waals surface area contributed by atoms with Gasteiger partial charge in [0.25, 0.3) is 0 Å². The number of ether oxygens (including phenoxy) is 1. The van der Waals surface area contributed by atoms with Crippen molar-refractivity contribution in [1.82, 2.24) is 24.9 Å². The van der Waals surface area contributed by atoms with Crippen LogP contribution in [-0.4, -0.2) is 73.8 Å². The Kier molecular flexibility index (Phi) is 6.18. The van der Waals surface area contributed by atoms with E-state index in [0.29, 0.717) is 12.1 Å². The number of amides is 2. The first-order chi connectivity index (χ1) is 19.5. The van der Waals surface area contributed by atoms with Gasteiger partial charge < -0.3 is 25.0 Å². The van der Waals surface area contributed by atoms with Gasteiger partial charge >= 0.3 is 6.09 Å². The van der Waals surface area contributed by atoms with Gasteiger partial charge in [0.05, 0.1) is 24.0 Å². The molecule has 3 saturated heterocycles. The Bertz CT molecular complexity index is 1440. The number of carbonyl (C=O) groups is 2. The predicted molar refractivity (Wildman–Crippen MR) is 148 cm³/mol. The van der Waals surface area contributed by atoms with Crippen molar-refractivity contribution in [3.63, 3.8) is 0 Å². The van der Waals surface area contributed by atoms with Crippen molar-refractivity contribution in [3.05, 3.63) is 42.2 Å². The van der Waals surface area contributed by atoms with Gasteiger partial charge in [-0.3, -0.25) is 4.79 Å². The number of benzene rings is 1. The maximum atomic E-state index is 12.5. The quantitative estimate of drug-likeness (QED) is 0.488. The zero-order valence-corrected chi connectivity index (χ0v) is 22.5. The van der Waals surface area contributed by atoms with E-state index in [1.54, 1.807) is 4.90 Å². The summed E-state index contributed by atoms with van der Waals surface area (Å²) in [5.41, 5.74) is 5.18. The van der Waals surface area contributed by atoms with E-state index in [4.69, 9.17) is 4.74 Å². The molecule has 2 aromatic heterocycles. The number of hydrogen-bond donors (Lipinski definition) is 2. The Hall–Kier alpha value is -3.99. The molecule has 0 saturated carbocycles. The van der Waals surface area contributed by atoms with Gasteiger partial charge in [-0.2, -0.15) is 5.10 Å². The molecule has 2 bridgehead atoms. The lowest BCUT2D eigenvalue weighted by atomic mass is 9.95. The van der Waals surface area contributed by atoms with E-state index in [1.807, 2.05) is 48.4 Å². The summed E-state index contributed by atoms with van der Waals surface area (Å²) in [5, 5.41) is 26.3. The maximum Gasteiger partial charge on any atom is 0.407 e. The summed E-state index contributed by atoms with van der Waals surface area (Å²) >= 11 is 0. The van der Waals surface area contributed by atoms with Gasteiger partial charge in [-0.1, -0.05) is 12.1 Å². The number of nitrogens with one attached hydrogen (secondary N) is 1. The van der Waals surface area contributed by atoms with Gasteiger partial charge in [0, 0.05) is 49.1 Å². The molecule has 0 radical (unpaired) electrons. The molecule has 11 heteroatoms. The highest BCUT2D eigenvalue weighted by molar-refractivity contribution is 6.06. The van der Waals surface area contributed by atoms with Crippen LogP contribution < -0.4 is 10.2 Å². The fourth-order valence-electron chi connectivity index (χ4n) is 6.99. The third kappa shape index (κ3) is 4.28. The smallest absolute Gasteiger partial charge is 0.407 e. The first-order valence-corrected chi connectivity index (χ1v) is 14.2. The SMILES string of the molecule is CN(c1ccc(-c2ccc(-c3cnn(C4CCCCO4)c3)c3c2NC(=O)C3)nn1)[C@@H]1C[C@H]2CC[C@@H](C1)N2C(=O)O. The molecular weight excluding hydrogens is 510 g/mol. The number of nitrogens with zero attached hydrogens (tertiary/aromatic N) is 6. The summed E-state index contributed by atoms with van der Waals surface area (Å²) in [6.07, 6.45) is 9.90. The average molecular weight is 544 g/mol. The van der Waals surface area contributed by atoms with Crippen molar-refractivity contribution in [3.8, 4) is 22.4 Å². The highest BCUT2D eigenvalue weighted by atomic mass is 16.5. The van der Waals surface area contributed by atoms with Crippen molar-refractivity contribution in [2.75, 3.05) is 23.9 Å². The molecule has 40 heavy (non-hydrogen) atoms. The number of carbonyl (C=O) groups excluding carboxylic acids is 1. The lowest BCUT2D eigenvalue weighted by molar-refractivity contribution is -0.115. The predicted octanol–water partition coefficient (Wildman–Crippen LogP) is 4.31. The number of aromatic nitrogens is 4. The van der Waals surface area contributed by atoms with Crippen LogP contribution in [0.1, 0.15) is 56.7 Å². The van der Waals surface area contributed by atoms with Crippen LogP contribution in [0.15, 0.2) is 36.7 Å². The summed E-state index contributed by atoms with van der Waals surface area (Å²) in [5.74, 6) is 0.713. The van der Waals surface area contributed by atoms with Crippen LogP contribution in [-0.2, 0) is 16.0 Å². The molecule has 4 aliphatic rings. The number of fused-ring (bicyclic) bond motifs is 3. The Morgan fingerprint density at radius 3 is 2.58 bits per heavy atom. The topological polar surface area (TPSA) is 126 Å². The van der Waals surface area contributed by atoms with Gasteiger partial charge in [-0.15, -0.1) is 10.2 Å². The summed E-state index contributed by atoms with van der Waals surface area (Å²) < 4.78 is 7.77. The van der Waals surface area contributed by atoms with Crippen molar-refractivity contribution in [2.24, 2.45) is 0 Å². The number of anilines is 2. The second-order valence-corrected chi connectivity index (χ2v) is 11.4. The molecule has 4 aliphatic heterocycles. The molecule has 3 aromatic rings. The molecule has 2 amide bonds. The Labute approximate surface area is 232 Å². The zero-order chi connectivity index (χ0) is 27.4. The van der Waals surface area contributed by atoms with E-state index in [0.717, 1.165) is 85.3 Å². The molecule has 208 valence electrons. The third-order valence-electron chi connectivity index (χ3n) is 9.04. The molecule has 7 rings (SSSR count). The number of piperidine rings is 1. The summed E-state index contributed by atoms with van der Waals surface area (Å²) in [7, 11) is 2.01. The Morgan fingerprint density at radius 1 is 1.07 bits per heavy atom. The van der Waals surface area contributed by atoms with E-state index >= 15 is 0 Å². The van der Waals surface area contributed by atoms with Crippen LogP contribution in [0.25, 0.3) is 22.4 Å². The minimum absolute atomic E-state index is 0.0404. The van der Waals surface area contributed by atoms with E-state index in [1.165, 1.54) is 0 Å². The van der Waals surface area contributed by atoms with Crippen LogP contribution >= 0.6 is 0 Å². The highest BCUT2D eigenvalue weighted by Gasteiger charge is 2.44. The van der Waals surface area contributed by atoms with Crippen molar-refractivity contribution in [1.29, 1.82) is 0 Å². The first kappa shape index (κ1) is 25.0. The molecule has 0 aliphatic carbocycles. The number of carboxylic acid groups (broad SMARTS) is 1. The van der Waals surface area contributed by atoms with Crippen LogP contribution in [0.5, 0.6) is 0 Å². The minimum atomic E-state index is -0.810. The van der Waals surface area contributed by atoms with Crippen LogP contribution in [0, 0.1) is 0 Å². The van der Waals surface area contributed by atoms with Crippen LogP contribution in [0.4, 0.5) is 16.3 Å². The minimum Gasteiger partial charge on any atom is -0.465 e. The second-order valence-electron chi connectivity index (χ2n) is 11.4. The number of rotatable bonds is 5. The second kappa shape index (κ2) is 9.88. The van der Waals surface area contributed by atoms with Crippen molar-refractivity contribution in [2.45, 2.75) is 75.7 Å². The summed E-state index contributed by atoms with van der Waals surface area (Å²) in [4.78, 5) is 28.0. The first-order valence-electron chi connectivity index (χ1n) is 14.2. The van der Waals surface area contributed by atoms with Gasteiger partial charge in [-0.25, -0.2) is 9.48 Å². The van der Waals surface area contributed by atoms with E-state index in [2.05, 4.69) is 25.5 Å². The molecule has 0 spiro atoms. The monoisotopic (exact) mass is 543 g/mol. The van der Waals surface area contributed by atoms with Gasteiger partial charge in [-0.05, 0) is 68.2 Å². The van der Waals surface area contributed by atoms with Crippen LogP contribution in [0.2, 0.25) is 0 Å². The van der Waals surface area contributed by atoms with Crippen LogP contribution in [0.3, 0.4) is 0 Å². The fraction of sp³-hybridized carbons (Fsp3) is 0.483.